The topological polar surface area (TPSA) is 20.2 Å². The molecule has 2 heteroatoms. The Morgan fingerprint density at radius 3 is 2.30 bits per heavy atom. The van der Waals surface area contributed by atoms with E-state index in [0.717, 1.165) is 23.4 Å². The van der Waals surface area contributed by atoms with Crippen molar-refractivity contribution in [2.75, 3.05) is 0 Å². The predicted octanol–water partition coefficient (Wildman–Crippen LogP) is 5.06. The lowest BCUT2D eigenvalue weighted by molar-refractivity contribution is -0.0322. The molecule has 0 aliphatic heterocycles. The van der Waals surface area contributed by atoms with Gasteiger partial charge in [-0.05, 0) is 68.1 Å². The Bertz CT molecular complexity index is 478. The first-order valence-electron chi connectivity index (χ1n) is 7.98. The van der Waals surface area contributed by atoms with Crippen LogP contribution in [0.25, 0.3) is 0 Å². The molecule has 0 atom stereocenters. The fourth-order valence-corrected chi connectivity index (χ4v) is 4.50. The van der Waals surface area contributed by atoms with Crippen molar-refractivity contribution in [1.29, 1.82) is 0 Å². The first-order chi connectivity index (χ1) is 9.50. The van der Waals surface area contributed by atoms with Gasteiger partial charge in [-0.25, -0.2) is 0 Å². The molecule has 0 radical (unpaired) electrons. The zero-order valence-corrected chi connectivity index (χ0v) is 13.2. The third kappa shape index (κ3) is 2.89. The number of benzene rings is 1. The minimum absolute atomic E-state index is 0.535. The Labute approximate surface area is 127 Å². The lowest BCUT2D eigenvalue weighted by Gasteiger charge is -2.42. The maximum atomic E-state index is 10.9. The summed E-state index contributed by atoms with van der Waals surface area (Å²) in [6.45, 7) is 2.05. The highest BCUT2D eigenvalue weighted by molar-refractivity contribution is 6.31. The van der Waals surface area contributed by atoms with Gasteiger partial charge in [0.05, 0.1) is 5.60 Å². The SMILES string of the molecule is Cc1ccc(CC2(O)CCC3(CCCC3)CC2)c(Cl)c1. The van der Waals surface area contributed by atoms with E-state index < -0.39 is 5.60 Å². The van der Waals surface area contributed by atoms with E-state index in [1.807, 2.05) is 6.07 Å². The molecular formula is C18H25ClO. The summed E-state index contributed by atoms with van der Waals surface area (Å²) in [5.74, 6) is 0. The number of aryl methyl sites for hydroxylation is 1. The van der Waals surface area contributed by atoms with Crippen LogP contribution in [-0.2, 0) is 6.42 Å². The maximum absolute atomic E-state index is 10.9. The van der Waals surface area contributed by atoms with Crippen molar-refractivity contribution in [2.24, 2.45) is 5.41 Å². The van der Waals surface area contributed by atoms with E-state index in [-0.39, 0.29) is 0 Å². The van der Waals surface area contributed by atoms with E-state index in [2.05, 4.69) is 19.1 Å². The van der Waals surface area contributed by atoms with Crippen molar-refractivity contribution in [2.45, 2.75) is 70.3 Å². The molecule has 0 unspecified atom stereocenters. The normalized spacial score (nSPS) is 24.1. The Morgan fingerprint density at radius 1 is 1.05 bits per heavy atom. The van der Waals surface area contributed by atoms with Crippen molar-refractivity contribution in [1.82, 2.24) is 0 Å². The lowest BCUT2D eigenvalue weighted by atomic mass is 9.66. The van der Waals surface area contributed by atoms with Gasteiger partial charge in [-0.2, -0.15) is 0 Å². The second-order valence-electron chi connectivity index (χ2n) is 7.20. The Kier molecular flexibility index (Phi) is 3.85. The van der Waals surface area contributed by atoms with Crippen LogP contribution in [0.4, 0.5) is 0 Å². The molecule has 2 fully saturated rings. The van der Waals surface area contributed by atoms with E-state index in [1.54, 1.807) is 0 Å². The average Bonchev–Trinajstić information content (AvgIpc) is 2.87. The smallest absolute Gasteiger partial charge is 0.0688 e. The molecule has 2 aliphatic carbocycles. The molecule has 2 aliphatic rings. The molecule has 0 saturated heterocycles. The summed E-state index contributed by atoms with van der Waals surface area (Å²) in [4.78, 5) is 0. The van der Waals surface area contributed by atoms with Gasteiger partial charge >= 0.3 is 0 Å². The number of hydrogen-bond acceptors (Lipinski definition) is 1. The molecule has 1 aromatic rings. The van der Waals surface area contributed by atoms with Gasteiger partial charge in [-0.3, -0.25) is 0 Å². The molecule has 1 spiro atoms. The Balaban J connectivity index is 1.68. The molecule has 2 saturated carbocycles. The van der Waals surface area contributed by atoms with Crippen LogP contribution in [0.5, 0.6) is 0 Å². The molecule has 1 N–H and O–H groups in total. The van der Waals surface area contributed by atoms with Crippen LogP contribution in [-0.4, -0.2) is 10.7 Å². The third-order valence-electron chi connectivity index (χ3n) is 5.63. The summed E-state index contributed by atoms with van der Waals surface area (Å²) in [6, 6.07) is 6.17. The first kappa shape index (κ1) is 14.4. The zero-order valence-electron chi connectivity index (χ0n) is 12.4. The van der Waals surface area contributed by atoms with Gasteiger partial charge in [-0.15, -0.1) is 0 Å². The quantitative estimate of drug-likeness (QED) is 0.808. The average molecular weight is 293 g/mol. The van der Waals surface area contributed by atoms with Crippen molar-refractivity contribution in [3.63, 3.8) is 0 Å². The van der Waals surface area contributed by atoms with Gasteiger partial charge in [0.15, 0.2) is 0 Å². The summed E-state index contributed by atoms with van der Waals surface area (Å²) < 4.78 is 0. The highest BCUT2D eigenvalue weighted by Gasteiger charge is 2.43. The molecule has 0 bridgehead atoms. The molecule has 20 heavy (non-hydrogen) atoms. The van der Waals surface area contributed by atoms with Gasteiger partial charge in [0.2, 0.25) is 0 Å². The summed E-state index contributed by atoms with van der Waals surface area (Å²) in [6.07, 6.45) is 10.5. The summed E-state index contributed by atoms with van der Waals surface area (Å²) in [7, 11) is 0. The highest BCUT2D eigenvalue weighted by Crippen LogP contribution is 2.51. The van der Waals surface area contributed by atoms with E-state index >= 15 is 0 Å². The van der Waals surface area contributed by atoms with Crippen LogP contribution in [0.3, 0.4) is 0 Å². The van der Waals surface area contributed by atoms with Gasteiger partial charge in [-0.1, -0.05) is 36.6 Å². The van der Waals surface area contributed by atoms with Crippen LogP contribution in [0.2, 0.25) is 5.02 Å². The van der Waals surface area contributed by atoms with Gasteiger partial charge in [0, 0.05) is 11.4 Å². The van der Waals surface area contributed by atoms with E-state index in [0.29, 0.717) is 11.8 Å². The molecule has 0 amide bonds. The summed E-state index contributed by atoms with van der Waals surface area (Å²) in [5, 5.41) is 11.7. The minimum atomic E-state index is -0.535. The zero-order chi connectivity index (χ0) is 14.2. The summed E-state index contributed by atoms with van der Waals surface area (Å²) >= 11 is 6.32. The molecule has 110 valence electrons. The van der Waals surface area contributed by atoms with E-state index in [4.69, 9.17) is 11.6 Å². The molecule has 1 aromatic carbocycles. The first-order valence-corrected chi connectivity index (χ1v) is 8.36. The predicted molar refractivity (Wildman–Crippen MR) is 84.2 cm³/mol. The molecular weight excluding hydrogens is 268 g/mol. The Hall–Kier alpha value is -0.530. The number of aliphatic hydroxyl groups is 1. The largest absolute Gasteiger partial charge is 0.390 e. The van der Waals surface area contributed by atoms with Crippen LogP contribution in [0.15, 0.2) is 18.2 Å². The van der Waals surface area contributed by atoms with Crippen molar-refractivity contribution < 1.29 is 5.11 Å². The van der Waals surface area contributed by atoms with Crippen LogP contribution < -0.4 is 0 Å². The van der Waals surface area contributed by atoms with Gasteiger partial charge in [0.25, 0.3) is 0 Å². The summed E-state index contributed by atoms with van der Waals surface area (Å²) in [5.41, 5.74) is 2.32. The number of hydrogen-bond donors (Lipinski definition) is 1. The highest BCUT2D eigenvalue weighted by atomic mass is 35.5. The monoisotopic (exact) mass is 292 g/mol. The van der Waals surface area contributed by atoms with Gasteiger partial charge in [0.1, 0.15) is 0 Å². The fraction of sp³-hybridized carbons (Fsp3) is 0.667. The second-order valence-corrected chi connectivity index (χ2v) is 7.61. The molecule has 1 nitrogen and oxygen atoms in total. The van der Waals surface area contributed by atoms with Crippen molar-refractivity contribution in [3.05, 3.63) is 34.3 Å². The standard InChI is InChI=1S/C18H25ClO/c1-14-4-5-15(16(19)12-14)13-18(20)10-8-17(9-11-18)6-2-3-7-17/h4-5,12,20H,2-3,6-11,13H2,1H3. The second kappa shape index (κ2) is 5.35. The Morgan fingerprint density at radius 2 is 1.70 bits per heavy atom. The molecule has 3 rings (SSSR count). The van der Waals surface area contributed by atoms with Crippen LogP contribution in [0, 0.1) is 12.3 Å². The number of halogens is 1. The molecule has 0 aromatic heterocycles. The van der Waals surface area contributed by atoms with Crippen molar-refractivity contribution in [3.8, 4) is 0 Å². The van der Waals surface area contributed by atoms with Crippen LogP contribution >= 0.6 is 11.6 Å². The van der Waals surface area contributed by atoms with Crippen molar-refractivity contribution >= 4 is 11.6 Å². The minimum Gasteiger partial charge on any atom is -0.390 e. The number of rotatable bonds is 2. The van der Waals surface area contributed by atoms with E-state index in [1.165, 1.54) is 44.1 Å². The maximum Gasteiger partial charge on any atom is 0.0688 e. The van der Waals surface area contributed by atoms with E-state index in [9.17, 15) is 5.11 Å². The molecule has 0 heterocycles. The lowest BCUT2D eigenvalue weighted by Crippen LogP contribution is -2.39. The van der Waals surface area contributed by atoms with Gasteiger partial charge < -0.3 is 5.11 Å². The third-order valence-corrected chi connectivity index (χ3v) is 5.99. The van der Waals surface area contributed by atoms with Crippen LogP contribution in [0.1, 0.15) is 62.5 Å². The fourth-order valence-electron chi connectivity index (χ4n) is 4.20.